The van der Waals surface area contributed by atoms with Crippen LogP contribution in [0.3, 0.4) is 0 Å². The van der Waals surface area contributed by atoms with E-state index in [4.69, 9.17) is 18.0 Å². The molecule has 5 nitrogen and oxygen atoms in total. The van der Waals surface area contributed by atoms with E-state index in [1.807, 2.05) is 17.9 Å². The van der Waals surface area contributed by atoms with Gasteiger partial charge in [-0.15, -0.1) is 0 Å². The molecule has 0 radical (unpaired) electrons. The van der Waals surface area contributed by atoms with Crippen LogP contribution in [0.25, 0.3) is 0 Å². The lowest BCUT2D eigenvalue weighted by Crippen LogP contribution is -2.52. The summed E-state index contributed by atoms with van der Waals surface area (Å²) in [6.45, 7) is 7.46. The summed E-state index contributed by atoms with van der Waals surface area (Å²) in [6.07, 6.45) is 5.11. The summed E-state index contributed by atoms with van der Waals surface area (Å²) in [5.41, 5.74) is 7.01. The molecule has 1 aromatic rings. The molecule has 0 saturated carbocycles. The minimum Gasteiger partial charge on any atom is -0.392 e. The zero-order valence-electron chi connectivity index (χ0n) is 11.7. The van der Waals surface area contributed by atoms with E-state index < -0.39 is 0 Å². The van der Waals surface area contributed by atoms with Crippen molar-refractivity contribution >= 4 is 17.2 Å². The van der Waals surface area contributed by atoms with Gasteiger partial charge in [0.15, 0.2) is 0 Å². The van der Waals surface area contributed by atoms with E-state index in [1.54, 1.807) is 0 Å². The Morgan fingerprint density at radius 3 is 2.63 bits per heavy atom. The number of piperazine rings is 1. The summed E-state index contributed by atoms with van der Waals surface area (Å²) in [5, 5.41) is 4.20. The standard InChI is InChI=1S/C13H23N5S/c1-11(13(14)19)18-7-5-17(6-8-18)4-3-12-9-15-16(2)10-12/h9-11H,3-8H2,1-2H3,(H2,14,19). The van der Waals surface area contributed by atoms with Gasteiger partial charge in [0, 0.05) is 46.0 Å². The van der Waals surface area contributed by atoms with Crippen molar-refractivity contribution in [1.82, 2.24) is 19.6 Å². The van der Waals surface area contributed by atoms with Gasteiger partial charge < -0.3 is 10.6 Å². The third-order valence-electron chi connectivity index (χ3n) is 3.84. The third kappa shape index (κ3) is 3.99. The summed E-state index contributed by atoms with van der Waals surface area (Å²) in [7, 11) is 1.96. The summed E-state index contributed by atoms with van der Waals surface area (Å²) < 4.78 is 1.86. The van der Waals surface area contributed by atoms with Crippen molar-refractivity contribution in [2.45, 2.75) is 19.4 Å². The molecule has 1 fully saturated rings. The topological polar surface area (TPSA) is 50.3 Å². The first-order chi connectivity index (χ1) is 9.06. The number of rotatable bonds is 5. The van der Waals surface area contributed by atoms with Gasteiger partial charge in [0.25, 0.3) is 0 Å². The van der Waals surface area contributed by atoms with E-state index in [1.165, 1.54) is 5.56 Å². The second-order valence-electron chi connectivity index (χ2n) is 5.23. The zero-order chi connectivity index (χ0) is 13.8. The minimum absolute atomic E-state index is 0.218. The third-order valence-corrected chi connectivity index (χ3v) is 4.18. The summed E-state index contributed by atoms with van der Waals surface area (Å²) in [6, 6.07) is 0.218. The molecule has 0 amide bonds. The zero-order valence-corrected chi connectivity index (χ0v) is 12.6. The molecule has 0 bridgehead atoms. The molecule has 1 atom stereocenters. The Morgan fingerprint density at radius 1 is 1.42 bits per heavy atom. The highest BCUT2D eigenvalue weighted by molar-refractivity contribution is 7.80. The SMILES string of the molecule is CC(C(N)=S)N1CCN(CCc2cnn(C)c2)CC1. The van der Waals surface area contributed by atoms with Gasteiger partial charge in [-0.3, -0.25) is 9.58 Å². The fraction of sp³-hybridized carbons (Fsp3) is 0.692. The molecule has 1 unspecified atom stereocenters. The molecular formula is C13H23N5S. The smallest absolute Gasteiger partial charge is 0.0899 e. The van der Waals surface area contributed by atoms with Crippen LogP contribution in [-0.2, 0) is 13.5 Å². The maximum atomic E-state index is 5.71. The number of thiocarbonyl (C=S) groups is 1. The highest BCUT2D eigenvalue weighted by atomic mass is 32.1. The summed E-state index contributed by atoms with van der Waals surface area (Å²) in [5.74, 6) is 0. The van der Waals surface area contributed by atoms with Gasteiger partial charge in [0.05, 0.1) is 17.2 Å². The predicted octanol–water partition coefficient (Wildman–Crippen LogP) is 0.255. The Hall–Kier alpha value is -0.980. The lowest BCUT2D eigenvalue weighted by atomic mass is 10.2. The monoisotopic (exact) mass is 281 g/mol. The predicted molar refractivity (Wildman–Crippen MR) is 81.2 cm³/mol. The molecule has 0 aromatic carbocycles. The van der Waals surface area contributed by atoms with Crippen LogP contribution < -0.4 is 5.73 Å². The van der Waals surface area contributed by atoms with Crippen LogP contribution >= 0.6 is 12.2 Å². The van der Waals surface area contributed by atoms with Crippen molar-refractivity contribution in [3.8, 4) is 0 Å². The van der Waals surface area contributed by atoms with Crippen LogP contribution in [-0.4, -0.2) is 63.3 Å². The van der Waals surface area contributed by atoms with Crippen molar-refractivity contribution in [2.75, 3.05) is 32.7 Å². The Balaban J connectivity index is 1.73. The molecule has 2 heterocycles. The Labute approximate surface area is 120 Å². The Bertz CT molecular complexity index is 422. The van der Waals surface area contributed by atoms with E-state index in [0.717, 1.165) is 39.1 Å². The van der Waals surface area contributed by atoms with Crippen LogP contribution in [0, 0.1) is 0 Å². The molecule has 106 valence electrons. The first kappa shape index (κ1) is 14.4. The number of nitrogens with zero attached hydrogens (tertiary/aromatic N) is 4. The molecular weight excluding hydrogens is 258 g/mol. The van der Waals surface area contributed by atoms with Crippen molar-refractivity contribution in [2.24, 2.45) is 12.8 Å². The maximum Gasteiger partial charge on any atom is 0.0899 e. The van der Waals surface area contributed by atoms with Gasteiger partial charge in [-0.25, -0.2) is 0 Å². The van der Waals surface area contributed by atoms with E-state index in [2.05, 4.69) is 28.0 Å². The molecule has 1 aromatic heterocycles. The lowest BCUT2D eigenvalue weighted by Gasteiger charge is -2.37. The second kappa shape index (κ2) is 6.45. The first-order valence-corrected chi connectivity index (χ1v) is 7.20. The second-order valence-corrected chi connectivity index (χ2v) is 5.70. The first-order valence-electron chi connectivity index (χ1n) is 6.79. The normalized spacial score (nSPS) is 19.5. The quantitative estimate of drug-likeness (QED) is 0.784. The molecule has 2 rings (SSSR count). The van der Waals surface area contributed by atoms with Crippen LogP contribution in [0.5, 0.6) is 0 Å². The van der Waals surface area contributed by atoms with E-state index in [9.17, 15) is 0 Å². The van der Waals surface area contributed by atoms with Gasteiger partial charge in [-0.2, -0.15) is 5.10 Å². The van der Waals surface area contributed by atoms with Gasteiger partial charge in [-0.05, 0) is 18.9 Å². The fourth-order valence-electron chi connectivity index (χ4n) is 2.44. The average Bonchev–Trinajstić information content (AvgIpc) is 2.82. The highest BCUT2D eigenvalue weighted by Gasteiger charge is 2.22. The van der Waals surface area contributed by atoms with Crippen LogP contribution in [0.2, 0.25) is 0 Å². The van der Waals surface area contributed by atoms with Crippen molar-refractivity contribution in [1.29, 1.82) is 0 Å². The van der Waals surface area contributed by atoms with E-state index in [0.29, 0.717) is 4.99 Å². The largest absolute Gasteiger partial charge is 0.392 e. The maximum absolute atomic E-state index is 5.71. The van der Waals surface area contributed by atoms with E-state index >= 15 is 0 Å². The number of aryl methyl sites for hydroxylation is 1. The molecule has 1 aliphatic rings. The van der Waals surface area contributed by atoms with Gasteiger partial charge in [-0.1, -0.05) is 12.2 Å². The van der Waals surface area contributed by atoms with Crippen LogP contribution in [0.1, 0.15) is 12.5 Å². The number of hydrogen-bond donors (Lipinski definition) is 1. The number of hydrogen-bond acceptors (Lipinski definition) is 4. The highest BCUT2D eigenvalue weighted by Crippen LogP contribution is 2.08. The average molecular weight is 281 g/mol. The van der Waals surface area contributed by atoms with Crippen LogP contribution in [0.4, 0.5) is 0 Å². The van der Waals surface area contributed by atoms with Crippen molar-refractivity contribution < 1.29 is 0 Å². The molecule has 19 heavy (non-hydrogen) atoms. The molecule has 1 saturated heterocycles. The molecule has 0 spiro atoms. The summed E-state index contributed by atoms with van der Waals surface area (Å²) in [4.78, 5) is 5.46. The minimum atomic E-state index is 0.218. The Morgan fingerprint density at radius 2 is 2.11 bits per heavy atom. The molecule has 1 aliphatic heterocycles. The number of nitrogens with two attached hydrogens (primary N) is 1. The van der Waals surface area contributed by atoms with Crippen LogP contribution in [0.15, 0.2) is 12.4 Å². The lowest BCUT2D eigenvalue weighted by molar-refractivity contribution is 0.124. The van der Waals surface area contributed by atoms with Gasteiger partial charge in [0.2, 0.25) is 0 Å². The van der Waals surface area contributed by atoms with Crippen molar-refractivity contribution in [3.05, 3.63) is 18.0 Å². The van der Waals surface area contributed by atoms with Gasteiger partial charge in [0.1, 0.15) is 0 Å². The molecule has 0 aliphatic carbocycles. The molecule has 2 N–H and O–H groups in total. The number of aromatic nitrogens is 2. The molecule has 6 heteroatoms. The summed E-state index contributed by atoms with van der Waals surface area (Å²) >= 11 is 5.06. The Kier molecular flexibility index (Phi) is 4.90. The van der Waals surface area contributed by atoms with E-state index in [-0.39, 0.29) is 6.04 Å². The van der Waals surface area contributed by atoms with Gasteiger partial charge >= 0.3 is 0 Å². The van der Waals surface area contributed by atoms with Crippen molar-refractivity contribution in [3.63, 3.8) is 0 Å². The fourth-order valence-corrected chi connectivity index (χ4v) is 2.59.